The third kappa shape index (κ3) is 2.78. The standard InChI is InChI=1S/C12H8Cl3NO/c13-7-4-5-10(16)11(6-7)17-12-8(14)2-1-3-9(12)15/h1-6H,16H2. The van der Waals surface area contributed by atoms with E-state index >= 15 is 0 Å². The molecule has 0 saturated carbocycles. The summed E-state index contributed by atoms with van der Waals surface area (Å²) in [5, 5.41) is 1.35. The molecule has 17 heavy (non-hydrogen) atoms. The Balaban J connectivity index is 2.41. The van der Waals surface area contributed by atoms with E-state index in [2.05, 4.69) is 0 Å². The van der Waals surface area contributed by atoms with E-state index in [0.29, 0.717) is 32.3 Å². The van der Waals surface area contributed by atoms with Gasteiger partial charge in [0, 0.05) is 11.1 Å². The van der Waals surface area contributed by atoms with Crippen LogP contribution in [0, 0.1) is 0 Å². The molecular formula is C12H8Cl3NO. The summed E-state index contributed by atoms with van der Waals surface area (Å²) in [6.07, 6.45) is 0. The molecule has 2 rings (SSSR count). The van der Waals surface area contributed by atoms with Gasteiger partial charge in [-0.1, -0.05) is 40.9 Å². The predicted molar refractivity (Wildman–Crippen MR) is 72.4 cm³/mol. The number of anilines is 1. The van der Waals surface area contributed by atoms with Crippen LogP contribution < -0.4 is 10.5 Å². The second-order valence-electron chi connectivity index (χ2n) is 3.33. The summed E-state index contributed by atoms with van der Waals surface area (Å²) in [6, 6.07) is 10.0. The smallest absolute Gasteiger partial charge is 0.164 e. The van der Waals surface area contributed by atoms with Crippen LogP contribution in [0.15, 0.2) is 36.4 Å². The number of hydrogen-bond donors (Lipinski definition) is 1. The molecule has 0 amide bonds. The molecule has 0 fully saturated rings. The molecule has 2 nitrogen and oxygen atoms in total. The average Bonchev–Trinajstić information content (AvgIpc) is 2.28. The molecule has 88 valence electrons. The SMILES string of the molecule is Nc1ccc(Cl)cc1Oc1c(Cl)cccc1Cl. The maximum absolute atomic E-state index is 5.99. The number of nitrogens with two attached hydrogens (primary N) is 1. The van der Waals surface area contributed by atoms with Crippen LogP contribution in [-0.4, -0.2) is 0 Å². The third-order valence-corrected chi connectivity index (χ3v) is 2.94. The van der Waals surface area contributed by atoms with E-state index in [1.807, 2.05) is 0 Å². The topological polar surface area (TPSA) is 35.2 Å². The maximum Gasteiger partial charge on any atom is 0.164 e. The first-order chi connectivity index (χ1) is 8.08. The summed E-state index contributed by atoms with van der Waals surface area (Å²) >= 11 is 17.8. The Labute approximate surface area is 114 Å². The Morgan fingerprint density at radius 2 is 1.59 bits per heavy atom. The van der Waals surface area contributed by atoms with Gasteiger partial charge in [-0.3, -0.25) is 0 Å². The fourth-order valence-corrected chi connectivity index (χ4v) is 1.92. The second kappa shape index (κ2) is 5.05. The Morgan fingerprint density at radius 1 is 0.941 bits per heavy atom. The molecule has 0 aromatic heterocycles. The van der Waals surface area contributed by atoms with Gasteiger partial charge in [0.25, 0.3) is 0 Å². The number of para-hydroxylation sites is 1. The maximum atomic E-state index is 5.99. The van der Waals surface area contributed by atoms with Crippen molar-refractivity contribution < 1.29 is 4.74 Å². The van der Waals surface area contributed by atoms with Gasteiger partial charge in [-0.15, -0.1) is 0 Å². The van der Waals surface area contributed by atoms with Crippen molar-refractivity contribution in [2.45, 2.75) is 0 Å². The highest BCUT2D eigenvalue weighted by molar-refractivity contribution is 6.37. The van der Waals surface area contributed by atoms with Gasteiger partial charge in [0.2, 0.25) is 0 Å². The molecule has 0 aliphatic heterocycles. The Morgan fingerprint density at radius 3 is 2.24 bits per heavy atom. The van der Waals surface area contributed by atoms with Crippen molar-refractivity contribution in [1.29, 1.82) is 0 Å². The van der Waals surface area contributed by atoms with E-state index in [9.17, 15) is 0 Å². The normalized spacial score (nSPS) is 10.3. The van der Waals surface area contributed by atoms with E-state index in [4.69, 9.17) is 45.3 Å². The van der Waals surface area contributed by atoms with Gasteiger partial charge in [0.15, 0.2) is 11.5 Å². The lowest BCUT2D eigenvalue weighted by Gasteiger charge is -2.11. The predicted octanol–water partition coefficient (Wildman–Crippen LogP) is 5.02. The van der Waals surface area contributed by atoms with Crippen LogP contribution in [0.2, 0.25) is 15.1 Å². The van der Waals surface area contributed by atoms with Gasteiger partial charge in [0.1, 0.15) is 0 Å². The largest absolute Gasteiger partial charge is 0.452 e. The van der Waals surface area contributed by atoms with Crippen LogP contribution in [0.5, 0.6) is 11.5 Å². The molecule has 0 aliphatic carbocycles. The molecule has 2 aromatic carbocycles. The second-order valence-corrected chi connectivity index (χ2v) is 4.59. The number of hydrogen-bond acceptors (Lipinski definition) is 2. The molecule has 5 heteroatoms. The molecule has 0 saturated heterocycles. The molecule has 0 heterocycles. The van der Waals surface area contributed by atoms with Gasteiger partial charge >= 0.3 is 0 Å². The van der Waals surface area contributed by atoms with E-state index in [1.54, 1.807) is 36.4 Å². The fraction of sp³-hybridized carbons (Fsp3) is 0. The summed E-state index contributed by atoms with van der Waals surface area (Å²) in [4.78, 5) is 0. The Kier molecular flexibility index (Phi) is 3.67. The number of ether oxygens (including phenoxy) is 1. The fourth-order valence-electron chi connectivity index (χ4n) is 1.29. The summed E-state index contributed by atoms with van der Waals surface area (Å²) in [6.45, 7) is 0. The Hall–Kier alpha value is -1.09. The molecule has 0 spiro atoms. The first kappa shape index (κ1) is 12.4. The summed E-state index contributed by atoms with van der Waals surface area (Å²) in [5.41, 5.74) is 6.23. The molecule has 0 unspecified atom stereocenters. The van der Waals surface area contributed by atoms with Crippen molar-refractivity contribution in [3.63, 3.8) is 0 Å². The molecular weight excluding hydrogens is 280 g/mol. The quantitative estimate of drug-likeness (QED) is 0.787. The van der Waals surface area contributed by atoms with Gasteiger partial charge in [0.05, 0.1) is 15.7 Å². The van der Waals surface area contributed by atoms with Gasteiger partial charge < -0.3 is 10.5 Å². The van der Waals surface area contributed by atoms with E-state index in [0.717, 1.165) is 0 Å². The molecule has 0 atom stereocenters. The highest BCUT2D eigenvalue weighted by Gasteiger charge is 2.10. The van der Waals surface area contributed by atoms with Crippen LogP contribution >= 0.6 is 34.8 Å². The average molecular weight is 289 g/mol. The van der Waals surface area contributed by atoms with Crippen LogP contribution in [-0.2, 0) is 0 Å². The minimum atomic E-state index is 0.366. The zero-order valence-electron chi connectivity index (χ0n) is 8.58. The highest BCUT2D eigenvalue weighted by atomic mass is 35.5. The highest BCUT2D eigenvalue weighted by Crippen LogP contribution is 2.38. The molecule has 2 N–H and O–H groups in total. The lowest BCUT2D eigenvalue weighted by molar-refractivity contribution is 0.485. The van der Waals surface area contributed by atoms with Crippen molar-refractivity contribution in [2.75, 3.05) is 5.73 Å². The monoisotopic (exact) mass is 287 g/mol. The van der Waals surface area contributed by atoms with Crippen molar-refractivity contribution in [2.24, 2.45) is 0 Å². The lowest BCUT2D eigenvalue weighted by Crippen LogP contribution is -1.92. The number of rotatable bonds is 2. The van der Waals surface area contributed by atoms with Crippen molar-refractivity contribution in [3.05, 3.63) is 51.5 Å². The van der Waals surface area contributed by atoms with Crippen LogP contribution in [0.4, 0.5) is 5.69 Å². The minimum absolute atomic E-state index is 0.366. The third-order valence-electron chi connectivity index (χ3n) is 2.11. The van der Waals surface area contributed by atoms with Gasteiger partial charge in [-0.05, 0) is 24.3 Å². The lowest BCUT2D eigenvalue weighted by atomic mass is 10.3. The summed E-state index contributed by atoms with van der Waals surface area (Å²) < 4.78 is 5.58. The van der Waals surface area contributed by atoms with E-state index in [-0.39, 0.29) is 0 Å². The van der Waals surface area contributed by atoms with Gasteiger partial charge in [-0.2, -0.15) is 0 Å². The first-order valence-corrected chi connectivity index (χ1v) is 5.88. The number of nitrogen functional groups attached to an aromatic ring is 1. The molecule has 2 aromatic rings. The van der Waals surface area contributed by atoms with Crippen molar-refractivity contribution in [1.82, 2.24) is 0 Å². The molecule has 0 bridgehead atoms. The zero-order valence-corrected chi connectivity index (χ0v) is 10.9. The van der Waals surface area contributed by atoms with Crippen LogP contribution in [0.1, 0.15) is 0 Å². The molecule has 0 aliphatic rings. The number of benzene rings is 2. The van der Waals surface area contributed by atoms with E-state index in [1.165, 1.54) is 0 Å². The van der Waals surface area contributed by atoms with E-state index < -0.39 is 0 Å². The van der Waals surface area contributed by atoms with Crippen molar-refractivity contribution in [3.8, 4) is 11.5 Å². The van der Waals surface area contributed by atoms with Crippen LogP contribution in [0.25, 0.3) is 0 Å². The zero-order chi connectivity index (χ0) is 12.4. The minimum Gasteiger partial charge on any atom is -0.452 e. The first-order valence-electron chi connectivity index (χ1n) is 4.75. The molecule has 0 radical (unpaired) electrons. The summed E-state index contributed by atoms with van der Waals surface area (Å²) in [5.74, 6) is 0.789. The van der Waals surface area contributed by atoms with Gasteiger partial charge in [-0.25, -0.2) is 0 Å². The van der Waals surface area contributed by atoms with Crippen molar-refractivity contribution >= 4 is 40.5 Å². The van der Waals surface area contributed by atoms with Crippen LogP contribution in [0.3, 0.4) is 0 Å². The Bertz CT molecular complexity index is 537. The number of halogens is 3. The summed E-state index contributed by atoms with van der Waals surface area (Å²) in [7, 11) is 0.